The fraction of sp³-hybridized carbons (Fsp3) is 0.500. The number of benzene rings is 1. The van der Waals surface area contributed by atoms with Crippen LogP contribution in [0.3, 0.4) is 0 Å². The molecule has 0 spiro atoms. The summed E-state index contributed by atoms with van der Waals surface area (Å²) in [6.45, 7) is 5.22. The van der Waals surface area contributed by atoms with Crippen LogP contribution in [0.2, 0.25) is 0 Å². The fourth-order valence-electron chi connectivity index (χ4n) is 5.01. The van der Waals surface area contributed by atoms with Crippen molar-refractivity contribution in [3.63, 3.8) is 0 Å². The van der Waals surface area contributed by atoms with Gasteiger partial charge in [-0.2, -0.15) is 13.2 Å². The molecule has 1 aromatic carbocycles. The largest absolute Gasteiger partial charge is 0.420 e. The van der Waals surface area contributed by atoms with Crippen molar-refractivity contribution in [1.29, 1.82) is 0 Å². The SMILES string of the molecule is CC1(C)CN(Cc2ccn3c(CC4CC4)nnc3c2C(F)(F)F)CCN1c1cc(F)cc(F)c1. The second-order valence-electron chi connectivity index (χ2n) is 9.97. The highest BCUT2D eigenvalue weighted by molar-refractivity contribution is 5.54. The summed E-state index contributed by atoms with van der Waals surface area (Å²) in [5.74, 6) is -0.283. The van der Waals surface area contributed by atoms with Gasteiger partial charge in [0.1, 0.15) is 23.0 Å². The summed E-state index contributed by atoms with van der Waals surface area (Å²) in [7, 11) is 0. The molecule has 2 aliphatic rings. The minimum atomic E-state index is -4.57. The minimum Gasteiger partial charge on any atom is -0.364 e. The highest BCUT2D eigenvalue weighted by atomic mass is 19.4. The normalized spacial score (nSPS) is 19.2. The number of anilines is 1. The maximum atomic E-state index is 14.1. The molecule has 5 rings (SSSR count). The van der Waals surface area contributed by atoms with E-state index in [4.69, 9.17) is 0 Å². The molecule has 0 radical (unpaired) electrons. The van der Waals surface area contributed by atoms with Crippen LogP contribution >= 0.6 is 0 Å². The van der Waals surface area contributed by atoms with Crippen LogP contribution in [0.15, 0.2) is 30.5 Å². The van der Waals surface area contributed by atoms with Crippen LogP contribution in [0.5, 0.6) is 0 Å². The lowest BCUT2D eigenvalue weighted by atomic mass is 9.96. The van der Waals surface area contributed by atoms with Gasteiger partial charge in [-0.3, -0.25) is 9.30 Å². The molecule has 1 aliphatic heterocycles. The van der Waals surface area contributed by atoms with Crippen LogP contribution in [0.1, 0.15) is 43.6 Å². The predicted molar refractivity (Wildman–Crippen MR) is 117 cm³/mol. The average Bonchev–Trinajstić information content (AvgIpc) is 3.44. The van der Waals surface area contributed by atoms with Crippen LogP contribution in [-0.4, -0.2) is 44.7 Å². The Hall–Kier alpha value is -2.75. The summed E-state index contributed by atoms with van der Waals surface area (Å²) >= 11 is 0. The number of piperazine rings is 1. The molecule has 0 amide bonds. The lowest BCUT2D eigenvalue weighted by Crippen LogP contribution is -2.59. The highest BCUT2D eigenvalue weighted by Crippen LogP contribution is 2.38. The second kappa shape index (κ2) is 8.18. The number of alkyl halides is 3. The smallest absolute Gasteiger partial charge is 0.364 e. The molecule has 2 aromatic heterocycles. The Balaban J connectivity index is 1.41. The Labute approximate surface area is 194 Å². The van der Waals surface area contributed by atoms with Crippen LogP contribution < -0.4 is 4.90 Å². The van der Waals surface area contributed by atoms with Crippen LogP contribution in [0.25, 0.3) is 5.65 Å². The number of hydrogen-bond acceptors (Lipinski definition) is 4. The summed E-state index contributed by atoms with van der Waals surface area (Å²) in [6.07, 6.45) is -0.159. The van der Waals surface area contributed by atoms with Gasteiger partial charge in [0.2, 0.25) is 0 Å². The van der Waals surface area contributed by atoms with Gasteiger partial charge < -0.3 is 4.90 Å². The average molecular weight is 479 g/mol. The monoisotopic (exact) mass is 479 g/mol. The first-order valence-electron chi connectivity index (χ1n) is 11.4. The summed E-state index contributed by atoms with van der Waals surface area (Å²) in [5.41, 5.74) is -0.892. The van der Waals surface area contributed by atoms with E-state index in [1.807, 2.05) is 23.6 Å². The van der Waals surface area contributed by atoms with Crippen LogP contribution in [-0.2, 0) is 19.1 Å². The van der Waals surface area contributed by atoms with Gasteiger partial charge >= 0.3 is 6.18 Å². The maximum absolute atomic E-state index is 14.1. The van der Waals surface area contributed by atoms with E-state index >= 15 is 0 Å². The van der Waals surface area contributed by atoms with E-state index in [9.17, 15) is 22.0 Å². The summed E-state index contributed by atoms with van der Waals surface area (Å²) < 4.78 is 71.4. The van der Waals surface area contributed by atoms with Gasteiger partial charge in [0.15, 0.2) is 5.65 Å². The molecule has 0 bridgehead atoms. The molecule has 0 atom stereocenters. The minimum absolute atomic E-state index is 0.0882. The van der Waals surface area contributed by atoms with E-state index in [-0.39, 0.29) is 17.8 Å². The van der Waals surface area contributed by atoms with E-state index in [2.05, 4.69) is 10.2 Å². The molecule has 2 fully saturated rings. The van der Waals surface area contributed by atoms with Crippen molar-refractivity contribution in [2.75, 3.05) is 24.5 Å². The van der Waals surface area contributed by atoms with Gasteiger partial charge in [-0.15, -0.1) is 10.2 Å². The molecule has 1 saturated heterocycles. The second-order valence-corrected chi connectivity index (χ2v) is 9.97. The van der Waals surface area contributed by atoms with Crippen molar-refractivity contribution in [2.24, 2.45) is 5.92 Å². The molecule has 10 heteroatoms. The number of aromatic nitrogens is 3. The Morgan fingerprint density at radius 3 is 2.35 bits per heavy atom. The quantitative estimate of drug-likeness (QED) is 0.479. The number of hydrogen-bond donors (Lipinski definition) is 0. The van der Waals surface area contributed by atoms with Crippen molar-refractivity contribution >= 4 is 11.3 Å². The van der Waals surface area contributed by atoms with E-state index in [1.54, 1.807) is 6.20 Å². The molecule has 5 nitrogen and oxygen atoms in total. The molecule has 0 unspecified atom stereocenters. The zero-order chi connectivity index (χ0) is 24.3. The van der Waals surface area contributed by atoms with Gasteiger partial charge in [0.05, 0.1) is 0 Å². The standard InChI is InChI=1S/C24H26F5N5/c1-23(2)14-32(7-8-34(23)19-11-17(25)10-18(26)12-19)13-16-5-6-33-20(9-15-3-4-15)30-31-22(33)21(16)24(27,28)29/h5-6,10-12,15H,3-4,7-9,13-14H2,1-2H3. The maximum Gasteiger partial charge on any atom is 0.420 e. The van der Waals surface area contributed by atoms with Crippen molar-refractivity contribution in [2.45, 2.75) is 51.4 Å². The Morgan fingerprint density at radius 2 is 1.74 bits per heavy atom. The number of pyridine rings is 1. The number of fused-ring (bicyclic) bond motifs is 1. The Morgan fingerprint density at radius 1 is 1.03 bits per heavy atom. The predicted octanol–water partition coefficient (Wildman–Crippen LogP) is 5.08. The number of rotatable bonds is 5. The summed E-state index contributed by atoms with van der Waals surface area (Å²) in [5, 5.41) is 7.96. The molecule has 1 aliphatic carbocycles. The van der Waals surface area contributed by atoms with E-state index in [0.29, 0.717) is 43.5 Å². The van der Waals surface area contributed by atoms with Gasteiger partial charge in [-0.25, -0.2) is 8.78 Å². The van der Waals surface area contributed by atoms with Gasteiger partial charge in [-0.05, 0) is 56.4 Å². The first kappa shape index (κ1) is 23.0. The zero-order valence-corrected chi connectivity index (χ0v) is 19.0. The van der Waals surface area contributed by atoms with Crippen molar-refractivity contribution in [3.05, 3.63) is 59.0 Å². The fourth-order valence-corrected chi connectivity index (χ4v) is 5.01. The van der Waals surface area contributed by atoms with Gasteiger partial charge in [-0.1, -0.05) is 0 Å². The molecule has 3 heterocycles. The third kappa shape index (κ3) is 4.47. The lowest BCUT2D eigenvalue weighted by Gasteiger charge is -2.48. The molecular weight excluding hydrogens is 453 g/mol. The summed E-state index contributed by atoms with van der Waals surface area (Å²) in [4.78, 5) is 3.83. The van der Waals surface area contributed by atoms with Crippen molar-refractivity contribution in [1.82, 2.24) is 19.5 Å². The van der Waals surface area contributed by atoms with Gasteiger partial charge in [0, 0.05) is 56.1 Å². The first-order chi connectivity index (χ1) is 16.0. The molecular formula is C24H26F5N5. The molecule has 34 heavy (non-hydrogen) atoms. The number of halogens is 5. The van der Waals surface area contributed by atoms with Crippen LogP contribution in [0.4, 0.5) is 27.6 Å². The molecule has 182 valence electrons. The zero-order valence-electron chi connectivity index (χ0n) is 19.0. The highest BCUT2D eigenvalue weighted by Gasteiger charge is 2.40. The lowest BCUT2D eigenvalue weighted by molar-refractivity contribution is -0.137. The first-order valence-corrected chi connectivity index (χ1v) is 11.4. The molecule has 3 aromatic rings. The number of nitrogens with zero attached hydrogens (tertiary/aromatic N) is 5. The molecule has 0 N–H and O–H groups in total. The third-order valence-electron chi connectivity index (χ3n) is 6.72. The van der Waals surface area contributed by atoms with Crippen molar-refractivity contribution in [3.8, 4) is 0 Å². The topological polar surface area (TPSA) is 36.7 Å². The third-order valence-corrected chi connectivity index (χ3v) is 6.72. The van der Waals surface area contributed by atoms with Crippen molar-refractivity contribution < 1.29 is 22.0 Å². The molecule has 1 saturated carbocycles. The summed E-state index contributed by atoms with van der Waals surface area (Å²) in [6, 6.07) is 4.89. The van der Waals surface area contributed by atoms with E-state index in [1.165, 1.54) is 22.6 Å². The Bertz CT molecular complexity index is 1190. The van der Waals surface area contributed by atoms with E-state index < -0.39 is 28.9 Å². The van der Waals surface area contributed by atoms with Crippen LogP contribution in [0, 0.1) is 17.6 Å². The van der Waals surface area contributed by atoms with Gasteiger partial charge in [0.25, 0.3) is 0 Å². The van der Waals surface area contributed by atoms with E-state index in [0.717, 1.165) is 18.9 Å². The Kier molecular flexibility index (Phi) is 5.54.